The van der Waals surface area contributed by atoms with E-state index in [1.807, 2.05) is 18.2 Å². The van der Waals surface area contributed by atoms with Gasteiger partial charge in [-0.1, -0.05) is 12.1 Å². The van der Waals surface area contributed by atoms with Crippen LogP contribution in [0.15, 0.2) is 60.7 Å². The third kappa shape index (κ3) is 5.27. The Bertz CT molecular complexity index is 1790. The number of benzene rings is 2. The van der Waals surface area contributed by atoms with Gasteiger partial charge in [-0.15, -0.1) is 0 Å². The lowest BCUT2D eigenvalue weighted by Crippen LogP contribution is -2.36. The van der Waals surface area contributed by atoms with E-state index in [-0.39, 0.29) is 15.8 Å². The number of fused-ring (bicyclic) bond motifs is 1. The fraction of sp³-hybridized carbons (Fsp3) is 0.214. The van der Waals surface area contributed by atoms with Gasteiger partial charge in [0.15, 0.2) is 11.3 Å². The second kappa shape index (κ2) is 10.5. The van der Waals surface area contributed by atoms with Crippen molar-refractivity contribution < 1.29 is 35.9 Å². The number of rotatable bonds is 7. The number of aryl methyl sites for hydroxylation is 1. The Kier molecular flexibility index (Phi) is 7.16. The number of amides is 1. The van der Waals surface area contributed by atoms with Crippen LogP contribution in [-0.4, -0.2) is 43.6 Å². The molecule has 3 heterocycles. The van der Waals surface area contributed by atoms with Gasteiger partial charge in [0.05, 0.1) is 36.4 Å². The summed E-state index contributed by atoms with van der Waals surface area (Å²) in [5.74, 6) is -6.21. The van der Waals surface area contributed by atoms with Gasteiger partial charge in [0.2, 0.25) is 0 Å². The van der Waals surface area contributed by atoms with Crippen molar-refractivity contribution in [1.29, 1.82) is 0 Å². The summed E-state index contributed by atoms with van der Waals surface area (Å²) in [7, 11) is 1.54. The maximum absolute atomic E-state index is 14.7. The highest BCUT2D eigenvalue weighted by Crippen LogP contribution is 2.44. The Hall–Kier alpha value is -4.88. The molecule has 0 bridgehead atoms. The Morgan fingerprint density at radius 3 is 2.36 bits per heavy atom. The fourth-order valence-electron chi connectivity index (χ4n) is 4.38. The molecule has 1 N–H and O–H groups in total. The van der Waals surface area contributed by atoms with Gasteiger partial charge in [-0.2, -0.15) is 32.1 Å². The van der Waals surface area contributed by atoms with E-state index in [9.17, 15) is 31.1 Å². The molecule has 1 amide bonds. The van der Waals surface area contributed by atoms with E-state index in [4.69, 9.17) is 4.74 Å². The van der Waals surface area contributed by atoms with Crippen molar-refractivity contribution in [2.24, 2.45) is 0 Å². The molecule has 5 rings (SSSR count). The highest BCUT2D eigenvalue weighted by Gasteiger charge is 2.60. The highest BCUT2D eigenvalue weighted by molar-refractivity contribution is 6.04. The molecule has 14 heteroatoms. The highest BCUT2D eigenvalue weighted by atomic mass is 19.4. The van der Waals surface area contributed by atoms with Crippen LogP contribution in [0.2, 0.25) is 0 Å². The average molecular weight is 589 g/mol. The van der Waals surface area contributed by atoms with Gasteiger partial charge in [0, 0.05) is 11.6 Å². The van der Waals surface area contributed by atoms with E-state index in [0.29, 0.717) is 35.4 Å². The lowest BCUT2D eigenvalue weighted by molar-refractivity contribution is -0.291. The number of carbonyl (C=O) groups is 1. The first-order chi connectivity index (χ1) is 19.8. The lowest BCUT2D eigenvalue weighted by Gasteiger charge is -2.21. The van der Waals surface area contributed by atoms with Crippen molar-refractivity contribution in [3.63, 3.8) is 0 Å². The second-order valence-corrected chi connectivity index (χ2v) is 9.41. The summed E-state index contributed by atoms with van der Waals surface area (Å²) in [6.45, 7) is 3.70. The number of nitrogens with zero attached hydrogens (tertiary/aromatic N) is 5. The normalized spacial score (nSPS) is 12.1. The van der Waals surface area contributed by atoms with Crippen molar-refractivity contribution in [3.05, 3.63) is 94.8 Å². The molecule has 0 aliphatic heterocycles. The average Bonchev–Trinajstić information content (AvgIpc) is 3.49. The van der Waals surface area contributed by atoms with Gasteiger partial charge in [0.25, 0.3) is 5.91 Å². The number of nitrogens with one attached hydrogen (secondary N) is 1. The van der Waals surface area contributed by atoms with Crippen molar-refractivity contribution in [1.82, 2.24) is 24.4 Å². The van der Waals surface area contributed by atoms with Gasteiger partial charge >= 0.3 is 12.1 Å². The van der Waals surface area contributed by atoms with Crippen LogP contribution in [0.4, 0.5) is 32.0 Å². The summed E-state index contributed by atoms with van der Waals surface area (Å²) in [5.41, 5.74) is -0.474. The second-order valence-electron chi connectivity index (χ2n) is 9.41. The Labute approximate surface area is 234 Å². The van der Waals surface area contributed by atoms with Gasteiger partial charge in [0.1, 0.15) is 17.3 Å². The SMILES string of the molecule is COc1cccc(Cn2nc(C)c(NC(=O)c3cc4nc(-c5ccc(F)cc5)cc(C(F)(F)C(F)(F)F)n4n3)c2C)c1. The Balaban J connectivity index is 1.51. The number of carbonyl (C=O) groups excluding carboxylic acids is 1. The number of hydrogen-bond acceptors (Lipinski definition) is 5. The van der Waals surface area contributed by atoms with Gasteiger partial charge in [-0.25, -0.2) is 13.9 Å². The topological polar surface area (TPSA) is 86.3 Å². The van der Waals surface area contributed by atoms with Crippen LogP contribution in [0.5, 0.6) is 5.75 Å². The minimum absolute atomic E-state index is 0.0834. The van der Waals surface area contributed by atoms with Crippen LogP contribution in [0, 0.1) is 19.7 Å². The minimum Gasteiger partial charge on any atom is -0.497 e. The Morgan fingerprint density at radius 1 is 0.976 bits per heavy atom. The number of aromatic nitrogens is 5. The van der Waals surface area contributed by atoms with Crippen LogP contribution >= 0.6 is 0 Å². The van der Waals surface area contributed by atoms with Gasteiger partial charge in [-0.3, -0.25) is 9.48 Å². The molecule has 0 unspecified atom stereocenters. The molecule has 42 heavy (non-hydrogen) atoms. The first-order valence-corrected chi connectivity index (χ1v) is 12.4. The zero-order valence-electron chi connectivity index (χ0n) is 22.3. The molecule has 0 aliphatic carbocycles. The predicted molar refractivity (Wildman–Crippen MR) is 140 cm³/mol. The molecule has 3 aromatic heterocycles. The number of alkyl halides is 5. The molecular weight excluding hydrogens is 566 g/mol. The molecule has 0 saturated heterocycles. The van der Waals surface area contributed by atoms with Crippen LogP contribution in [-0.2, 0) is 12.5 Å². The van der Waals surface area contributed by atoms with E-state index >= 15 is 0 Å². The molecule has 2 aromatic carbocycles. The minimum atomic E-state index is -5.97. The van der Waals surface area contributed by atoms with Gasteiger partial charge < -0.3 is 10.1 Å². The van der Waals surface area contributed by atoms with E-state index in [1.165, 1.54) is 12.1 Å². The first kappa shape index (κ1) is 28.6. The number of hydrogen-bond donors (Lipinski definition) is 1. The summed E-state index contributed by atoms with van der Waals surface area (Å²) >= 11 is 0. The molecule has 0 spiro atoms. The molecule has 0 fully saturated rings. The molecule has 5 aromatic rings. The van der Waals surface area contributed by atoms with Crippen LogP contribution in [0.3, 0.4) is 0 Å². The summed E-state index contributed by atoms with van der Waals surface area (Å²) in [6, 6.07) is 13.2. The smallest absolute Gasteiger partial charge is 0.459 e. The van der Waals surface area contributed by atoms with Crippen LogP contribution in [0.25, 0.3) is 16.9 Å². The third-order valence-corrected chi connectivity index (χ3v) is 6.56. The van der Waals surface area contributed by atoms with Crippen LogP contribution < -0.4 is 10.1 Å². The monoisotopic (exact) mass is 588 g/mol. The van der Waals surface area contributed by atoms with E-state index in [2.05, 4.69) is 20.5 Å². The largest absolute Gasteiger partial charge is 0.497 e. The molecule has 0 saturated carbocycles. The van der Waals surface area contributed by atoms with Gasteiger partial charge in [-0.05, 0) is 61.9 Å². The molecule has 0 atom stereocenters. The van der Waals surface area contributed by atoms with Crippen molar-refractivity contribution >= 4 is 17.2 Å². The molecular formula is C28H22F6N6O2. The fourth-order valence-corrected chi connectivity index (χ4v) is 4.38. The maximum Gasteiger partial charge on any atom is 0.459 e. The molecule has 0 aliphatic rings. The first-order valence-electron chi connectivity index (χ1n) is 12.4. The van der Waals surface area contributed by atoms with Crippen molar-refractivity contribution in [3.8, 4) is 17.0 Å². The molecule has 8 nitrogen and oxygen atoms in total. The zero-order chi connectivity index (χ0) is 30.4. The number of halogens is 6. The predicted octanol–water partition coefficient (Wildman–Crippen LogP) is 6.31. The maximum atomic E-state index is 14.7. The summed E-state index contributed by atoms with van der Waals surface area (Å²) < 4.78 is 90.1. The quantitative estimate of drug-likeness (QED) is 0.225. The third-order valence-electron chi connectivity index (χ3n) is 6.56. The van der Waals surface area contributed by atoms with E-state index in [0.717, 1.165) is 23.8 Å². The Morgan fingerprint density at radius 2 is 1.69 bits per heavy atom. The molecule has 0 radical (unpaired) electrons. The summed E-state index contributed by atoms with van der Waals surface area (Å²) in [5, 5.41) is 10.8. The van der Waals surface area contributed by atoms with Crippen LogP contribution in [0.1, 0.15) is 33.1 Å². The number of anilines is 1. The standard InChI is InChI=1S/C28H22F6N6O2/c1-15-25(16(2)39(37-15)14-17-5-4-6-20(11-17)42-3)36-26(41)22-13-24-35-21(18-7-9-19(29)10-8-18)12-23(40(24)38-22)27(30,31)28(32,33)34/h4-13H,14H2,1-3H3,(H,36,41). The van der Waals surface area contributed by atoms with Crippen molar-refractivity contribution in [2.45, 2.75) is 32.5 Å². The molecule has 218 valence electrons. The lowest BCUT2D eigenvalue weighted by atomic mass is 10.1. The van der Waals surface area contributed by atoms with E-state index in [1.54, 1.807) is 31.7 Å². The summed E-state index contributed by atoms with van der Waals surface area (Å²) in [4.78, 5) is 17.3. The number of ether oxygens (including phenoxy) is 1. The summed E-state index contributed by atoms with van der Waals surface area (Å²) in [6.07, 6.45) is -5.97. The zero-order valence-corrected chi connectivity index (χ0v) is 22.3. The van der Waals surface area contributed by atoms with Crippen molar-refractivity contribution in [2.75, 3.05) is 12.4 Å². The van der Waals surface area contributed by atoms with E-state index < -0.39 is 40.9 Å². The number of methoxy groups -OCH3 is 1.